The SMILES string of the molecule is c1ccc(-c2cc(-c3ccc(-c4ccc(-c5cccc6oc7ccccc7c56)c5oc6ccccc6c45)cc3)nc(-c3ccccc3-c3ccccn3)n2)cc1. The first-order valence-electron chi connectivity index (χ1n) is 18.7. The van der Waals surface area contributed by atoms with Crippen molar-refractivity contribution >= 4 is 43.9 Å². The van der Waals surface area contributed by atoms with E-state index in [2.05, 4.69) is 108 Å². The number of fused-ring (bicyclic) bond motifs is 6. The molecular weight excluding hydrogens is 687 g/mol. The van der Waals surface area contributed by atoms with Gasteiger partial charge in [0.25, 0.3) is 0 Å². The zero-order valence-corrected chi connectivity index (χ0v) is 30.1. The molecule has 0 saturated carbocycles. The summed E-state index contributed by atoms with van der Waals surface area (Å²) in [5.74, 6) is 0.647. The van der Waals surface area contributed by atoms with Gasteiger partial charge in [-0.25, -0.2) is 9.97 Å². The summed E-state index contributed by atoms with van der Waals surface area (Å²) in [7, 11) is 0. The molecule has 4 aromatic heterocycles. The largest absolute Gasteiger partial charge is 0.456 e. The molecule has 0 atom stereocenters. The Morgan fingerprint density at radius 1 is 0.339 bits per heavy atom. The van der Waals surface area contributed by atoms with E-state index < -0.39 is 0 Å². The van der Waals surface area contributed by atoms with Crippen LogP contribution in [0.1, 0.15) is 0 Å². The monoisotopic (exact) mass is 717 g/mol. The van der Waals surface area contributed by atoms with Crippen molar-refractivity contribution < 1.29 is 8.83 Å². The normalized spacial score (nSPS) is 11.6. The number of rotatable bonds is 6. The molecule has 0 N–H and O–H groups in total. The number of para-hydroxylation sites is 2. The Bertz CT molecular complexity index is 3240. The zero-order chi connectivity index (χ0) is 37.0. The Morgan fingerprint density at radius 2 is 0.929 bits per heavy atom. The third-order valence-electron chi connectivity index (χ3n) is 10.6. The van der Waals surface area contributed by atoms with E-state index in [1.165, 1.54) is 0 Å². The number of furan rings is 2. The van der Waals surface area contributed by atoms with Crippen LogP contribution in [-0.4, -0.2) is 15.0 Å². The van der Waals surface area contributed by atoms with Gasteiger partial charge in [-0.3, -0.25) is 4.98 Å². The molecule has 56 heavy (non-hydrogen) atoms. The second-order valence-corrected chi connectivity index (χ2v) is 13.9. The van der Waals surface area contributed by atoms with Gasteiger partial charge >= 0.3 is 0 Å². The molecule has 5 nitrogen and oxygen atoms in total. The summed E-state index contributed by atoms with van der Waals surface area (Å²) in [6.45, 7) is 0. The summed E-state index contributed by atoms with van der Waals surface area (Å²) < 4.78 is 13.0. The van der Waals surface area contributed by atoms with Crippen LogP contribution in [0.4, 0.5) is 0 Å². The Kier molecular flexibility index (Phi) is 7.42. The average molecular weight is 718 g/mol. The molecule has 0 bridgehead atoms. The molecule has 0 aliphatic carbocycles. The Morgan fingerprint density at radius 3 is 1.70 bits per heavy atom. The summed E-state index contributed by atoms with van der Waals surface area (Å²) in [5.41, 5.74) is 14.2. The van der Waals surface area contributed by atoms with Gasteiger partial charge in [-0.15, -0.1) is 0 Å². The van der Waals surface area contributed by atoms with Crippen molar-refractivity contribution in [2.45, 2.75) is 0 Å². The average Bonchev–Trinajstić information content (AvgIpc) is 3.86. The summed E-state index contributed by atoms with van der Waals surface area (Å²) in [5, 5.41) is 4.33. The molecule has 0 amide bonds. The van der Waals surface area contributed by atoms with E-state index in [0.717, 1.165) is 105 Å². The fraction of sp³-hybridized carbons (Fsp3) is 0. The number of pyridine rings is 1. The van der Waals surface area contributed by atoms with Crippen LogP contribution >= 0.6 is 0 Å². The highest BCUT2D eigenvalue weighted by atomic mass is 16.3. The summed E-state index contributed by atoms with van der Waals surface area (Å²) in [6.07, 6.45) is 1.82. The van der Waals surface area contributed by atoms with E-state index >= 15 is 0 Å². The van der Waals surface area contributed by atoms with Gasteiger partial charge < -0.3 is 8.83 Å². The lowest BCUT2D eigenvalue weighted by Gasteiger charge is -2.13. The molecule has 11 aromatic rings. The van der Waals surface area contributed by atoms with Crippen LogP contribution in [0.2, 0.25) is 0 Å². The number of benzene rings is 7. The summed E-state index contributed by atoms with van der Waals surface area (Å²) in [6, 6.07) is 62.3. The quantitative estimate of drug-likeness (QED) is 0.171. The zero-order valence-electron chi connectivity index (χ0n) is 30.1. The Hall–Kier alpha value is -7.63. The first-order chi connectivity index (χ1) is 27.8. The molecule has 11 rings (SSSR count). The minimum Gasteiger partial charge on any atom is -0.456 e. The van der Waals surface area contributed by atoms with Gasteiger partial charge in [0.15, 0.2) is 5.82 Å². The topological polar surface area (TPSA) is 65.0 Å². The van der Waals surface area contributed by atoms with Crippen LogP contribution in [0.5, 0.6) is 0 Å². The van der Waals surface area contributed by atoms with Crippen LogP contribution in [-0.2, 0) is 0 Å². The molecule has 0 saturated heterocycles. The third-order valence-corrected chi connectivity index (χ3v) is 10.6. The van der Waals surface area contributed by atoms with Crippen LogP contribution in [0.15, 0.2) is 197 Å². The predicted octanol–water partition coefficient (Wildman–Crippen LogP) is 13.7. The molecule has 0 aliphatic rings. The number of nitrogens with zero attached hydrogens (tertiary/aromatic N) is 3. The van der Waals surface area contributed by atoms with E-state index in [4.69, 9.17) is 18.8 Å². The molecule has 4 heterocycles. The highest BCUT2D eigenvalue weighted by Gasteiger charge is 2.21. The van der Waals surface area contributed by atoms with Gasteiger partial charge in [0.1, 0.15) is 22.3 Å². The van der Waals surface area contributed by atoms with Gasteiger partial charge in [0, 0.05) is 55.6 Å². The summed E-state index contributed by atoms with van der Waals surface area (Å²) >= 11 is 0. The smallest absolute Gasteiger partial charge is 0.161 e. The standard InChI is InChI=1S/C51H31N3O2/c1-2-13-33(14-3-1)43-31-44(54-51(53-43)39-16-5-4-15-36(39)42-20-10-11-30-52-42)34-26-24-32(25-27-34)35-28-29-38(50-49(35)41-18-7-9-22-46(41)56-50)37-19-12-23-47-48(37)40-17-6-8-21-45(40)55-47/h1-31H. The predicted molar refractivity (Wildman–Crippen MR) is 227 cm³/mol. The second kappa shape index (κ2) is 13.0. The maximum Gasteiger partial charge on any atom is 0.161 e. The van der Waals surface area contributed by atoms with Crippen molar-refractivity contribution in [1.82, 2.24) is 15.0 Å². The molecule has 7 aromatic carbocycles. The van der Waals surface area contributed by atoms with Gasteiger partial charge in [0.2, 0.25) is 0 Å². The van der Waals surface area contributed by atoms with Gasteiger partial charge in [0.05, 0.1) is 17.1 Å². The summed E-state index contributed by atoms with van der Waals surface area (Å²) in [4.78, 5) is 15.0. The first kappa shape index (κ1) is 31.9. The maximum atomic E-state index is 6.73. The van der Waals surface area contributed by atoms with Crippen molar-refractivity contribution in [2.24, 2.45) is 0 Å². The van der Waals surface area contributed by atoms with Gasteiger partial charge in [-0.1, -0.05) is 140 Å². The van der Waals surface area contributed by atoms with E-state index in [0.29, 0.717) is 5.82 Å². The van der Waals surface area contributed by atoms with Gasteiger partial charge in [-0.05, 0) is 59.2 Å². The molecule has 0 unspecified atom stereocenters. The highest BCUT2D eigenvalue weighted by molar-refractivity contribution is 6.20. The molecular formula is C51H31N3O2. The lowest BCUT2D eigenvalue weighted by atomic mass is 9.92. The Balaban J connectivity index is 1.06. The van der Waals surface area contributed by atoms with Crippen molar-refractivity contribution in [3.05, 3.63) is 188 Å². The third kappa shape index (κ3) is 5.29. The van der Waals surface area contributed by atoms with E-state index in [9.17, 15) is 0 Å². The van der Waals surface area contributed by atoms with Crippen LogP contribution < -0.4 is 0 Å². The minimum atomic E-state index is 0.647. The van der Waals surface area contributed by atoms with Crippen molar-refractivity contribution in [1.29, 1.82) is 0 Å². The molecule has 0 spiro atoms. The number of aromatic nitrogens is 3. The highest BCUT2D eigenvalue weighted by Crippen LogP contribution is 2.45. The lowest BCUT2D eigenvalue weighted by Crippen LogP contribution is -1.98. The van der Waals surface area contributed by atoms with Crippen molar-refractivity contribution in [2.75, 3.05) is 0 Å². The van der Waals surface area contributed by atoms with E-state index in [1.54, 1.807) is 0 Å². The Labute approximate surface area is 322 Å². The van der Waals surface area contributed by atoms with E-state index in [1.807, 2.05) is 85.1 Å². The number of hydrogen-bond acceptors (Lipinski definition) is 5. The fourth-order valence-corrected chi connectivity index (χ4v) is 8.00. The molecule has 0 aliphatic heterocycles. The van der Waals surface area contributed by atoms with Crippen LogP contribution in [0, 0.1) is 0 Å². The number of hydrogen-bond donors (Lipinski definition) is 0. The minimum absolute atomic E-state index is 0.647. The lowest BCUT2D eigenvalue weighted by molar-refractivity contribution is 0.668. The molecule has 0 fully saturated rings. The fourth-order valence-electron chi connectivity index (χ4n) is 8.00. The van der Waals surface area contributed by atoms with Crippen LogP contribution in [0.25, 0.3) is 111 Å². The molecule has 5 heteroatoms. The first-order valence-corrected chi connectivity index (χ1v) is 18.7. The van der Waals surface area contributed by atoms with Crippen molar-refractivity contribution in [3.8, 4) is 67.4 Å². The van der Waals surface area contributed by atoms with Gasteiger partial charge in [-0.2, -0.15) is 0 Å². The van der Waals surface area contributed by atoms with E-state index in [-0.39, 0.29) is 0 Å². The molecule has 262 valence electrons. The molecule has 0 radical (unpaired) electrons. The maximum absolute atomic E-state index is 6.73. The second-order valence-electron chi connectivity index (χ2n) is 13.9. The van der Waals surface area contributed by atoms with Crippen molar-refractivity contribution in [3.63, 3.8) is 0 Å². The van der Waals surface area contributed by atoms with Crippen LogP contribution in [0.3, 0.4) is 0 Å².